The van der Waals surface area contributed by atoms with Crippen LogP contribution in [0.1, 0.15) is 26.2 Å². The molecule has 0 saturated heterocycles. The van der Waals surface area contributed by atoms with Crippen LogP contribution in [0.25, 0.3) is 0 Å². The summed E-state index contributed by atoms with van der Waals surface area (Å²) in [7, 11) is 0. The lowest BCUT2D eigenvalue weighted by molar-refractivity contribution is -0.137. The molecule has 2 unspecified atom stereocenters. The maximum Gasteiger partial charge on any atom is 0.323 e. The average Bonchev–Trinajstić information content (AvgIpc) is 2.76. The number of carboxylic acids is 1. The molecule has 0 radical (unpaired) electrons. The highest BCUT2D eigenvalue weighted by molar-refractivity contribution is 7.99. The molecule has 6 heteroatoms. The lowest BCUT2D eigenvalue weighted by Crippen LogP contribution is -2.46. The molecule has 0 heterocycles. The van der Waals surface area contributed by atoms with Gasteiger partial charge in [0.1, 0.15) is 6.54 Å². The van der Waals surface area contributed by atoms with Crippen LogP contribution >= 0.6 is 11.8 Å². The third-order valence-corrected chi connectivity index (χ3v) is 4.31. The molecule has 0 spiro atoms. The molecule has 0 aromatic heterocycles. The van der Waals surface area contributed by atoms with E-state index in [9.17, 15) is 9.59 Å². The SMILES string of the molecule is C=CCN(CC(=O)O)C(=O)NC1CCC(SCC)C1. The van der Waals surface area contributed by atoms with Crippen molar-refractivity contribution in [1.29, 1.82) is 0 Å². The summed E-state index contributed by atoms with van der Waals surface area (Å²) in [5, 5.41) is 12.3. The largest absolute Gasteiger partial charge is 0.480 e. The van der Waals surface area contributed by atoms with E-state index >= 15 is 0 Å². The quantitative estimate of drug-likeness (QED) is 0.702. The van der Waals surface area contributed by atoms with Crippen LogP contribution in [0.2, 0.25) is 0 Å². The van der Waals surface area contributed by atoms with Gasteiger partial charge in [0, 0.05) is 17.8 Å². The molecule has 2 atom stereocenters. The summed E-state index contributed by atoms with van der Waals surface area (Å²) in [5.41, 5.74) is 0. The number of hydrogen-bond donors (Lipinski definition) is 2. The molecule has 0 bridgehead atoms. The third-order valence-electron chi connectivity index (χ3n) is 3.08. The van der Waals surface area contributed by atoms with E-state index in [1.54, 1.807) is 0 Å². The highest BCUT2D eigenvalue weighted by atomic mass is 32.2. The minimum absolute atomic E-state index is 0.165. The molecule has 0 aliphatic heterocycles. The van der Waals surface area contributed by atoms with Crippen LogP contribution in [0.5, 0.6) is 0 Å². The number of thioether (sulfide) groups is 1. The molecular weight excluding hydrogens is 264 g/mol. The Labute approximate surface area is 118 Å². The molecule has 5 nitrogen and oxygen atoms in total. The maximum atomic E-state index is 12.0. The molecule has 0 aromatic carbocycles. The van der Waals surface area contributed by atoms with E-state index in [2.05, 4.69) is 18.8 Å². The number of rotatable bonds is 7. The Morgan fingerprint density at radius 3 is 2.84 bits per heavy atom. The summed E-state index contributed by atoms with van der Waals surface area (Å²) in [6.45, 7) is 5.63. The molecule has 2 N–H and O–H groups in total. The summed E-state index contributed by atoms with van der Waals surface area (Å²) in [6, 6.07) is -0.146. The van der Waals surface area contributed by atoms with Crippen molar-refractivity contribution in [2.24, 2.45) is 0 Å². The van der Waals surface area contributed by atoms with Gasteiger partial charge in [-0.1, -0.05) is 13.0 Å². The first-order chi connectivity index (χ1) is 9.06. The number of nitrogens with zero attached hydrogens (tertiary/aromatic N) is 1. The van der Waals surface area contributed by atoms with Gasteiger partial charge in [0.25, 0.3) is 0 Å². The second kappa shape index (κ2) is 8.09. The van der Waals surface area contributed by atoms with Crippen LogP contribution in [0, 0.1) is 0 Å². The minimum Gasteiger partial charge on any atom is -0.480 e. The number of hydrogen-bond acceptors (Lipinski definition) is 3. The topological polar surface area (TPSA) is 69.6 Å². The van der Waals surface area contributed by atoms with Crippen LogP contribution in [-0.4, -0.2) is 52.1 Å². The van der Waals surface area contributed by atoms with Crippen LogP contribution in [-0.2, 0) is 4.79 Å². The first-order valence-electron chi connectivity index (χ1n) is 6.56. The van der Waals surface area contributed by atoms with Gasteiger partial charge in [-0.15, -0.1) is 6.58 Å². The number of nitrogens with one attached hydrogen (secondary N) is 1. The van der Waals surface area contributed by atoms with E-state index in [1.807, 2.05) is 11.8 Å². The summed E-state index contributed by atoms with van der Waals surface area (Å²) in [6.07, 6.45) is 4.59. The summed E-state index contributed by atoms with van der Waals surface area (Å²) < 4.78 is 0. The molecule has 0 aromatic rings. The third kappa shape index (κ3) is 5.55. The lowest BCUT2D eigenvalue weighted by Gasteiger charge is -2.22. The molecule has 2 amide bonds. The Morgan fingerprint density at radius 2 is 2.26 bits per heavy atom. The van der Waals surface area contributed by atoms with E-state index in [-0.39, 0.29) is 25.2 Å². The molecule has 1 saturated carbocycles. The monoisotopic (exact) mass is 286 g/mol. The van der Waals surface area contributed by atoms with E-state index in [4.69, 9.17) is 5.11 Å². The van der Waals surface area contributed by atoms with Gasteiger partial charge in [-0.2, -0.15) is 11.8 Å². The van der Waals surface area contributed by atoms with Crippen molar-refractivity contribution in [3.05, 3.63) is 12.7 Å². The van der Waals surface area contributed by atoms with Crippen molar-refractivity contribution in [3.63, 3.8) is 0 Å². The highest BCUT2D eigenvalue weighted by Gasteiger charge is 2.27. The summed E-state index contributed by atoms with van der Waals surface area (Å²) in [5.74, 6) is 0.0790. The van der Waals surface area contributed by atoms with Crippen LogP contribution in [0.4, 0.5) is 4.79 Å². The normalized spacial score (nSPS) is 21.9. The van der Waals surface area contributed by atoms with Gasteiger partial charge < -0.3 is 15.3 Å². The fourth-order valence-electron chi connectivity index (χ4n) is 2.26. The molecule has 108 valence electrons. The van der Waals surface area contributed by atoms with Crippen molar-refractivity contribution in [2.75, 3.05) is 18.8 Å². The lowest BCUT2D eigenvalue weighted by atomic mass is 10.2. The van der Waals surface area contributed by atoms with E-state index in [1.165, 1.54) is 11.0 Å². The number of aliphatic carboxylic acids is 1. The number of amides is 2. The Kier molecular flexibility index (Phi) is 6.77. The predicted octanol–water partition coefficient (Wildman–Crippen LogP) is 1.94. The molecule has 1 aliphatic rings. The zero-order valence-electron chi connectivity index (χ0n) is 11.3. The number of carbonyl (C=O) groups is 2. The Bertz CT molecular complexity index is 336. The first kappa shape index (κ1) is 15.9. The van der Waals surface area contributed by atoms with Gasteiger partial charge in [0.15, 0.2) is 0 Å². The average molecular weight is 286 g/mol. The van der Waals surface area contributed by atoms with Crippen molar-refractivity contribution in [2.45, 2.75) is 37.5 Å². The van der Waals surface area contributed by atoms with Crippen LogP contribution < -0.4 is 5.32 Å². The maximum absolute atomic E-state index is 12.0. The van der Waals surface area contributed by atoms with Gasteiger partial charge in [-0.25, -0.2) is 4.79 Å². The van der Waals surface area contributed by atoms with Crippen molar-refractivity contribution < 1.29 is 14.7 Å². The van der Waals surface area contributed by atoms with Crippen molar-refractivity contribution in [1.82, 2.24) is 10.2 Å². The number of urea groups is 1. The van der Waals surface area contributed by atoms with Gasteiger partial charge in [-0.3, -0.25) is 4.79 Å². The zero-order valence-corrected chi connectivity index (χ0v) is 12.1. The predicted molar refractivity (Wildman–Crippen MR) is 77.5 cm³/mol. The summed E-state index contributed by atoms with van der Waals surface area (Å²) >= 11 is 1.92. The smallest absolute Gasteiger partial charge is 0.323 e. The van der Waals surface area contributed by atoms with E-state index < -0.39 is 5.97 Å². The zero-order chi connectivity index (χ0) is 14.3. The van der Waals surface area contributed by atoms with Gasteiger partial charge in [0.05, 0.1) is 0 Å². The van der Waals surface area contributed by atoms with E-state index in [0.29, 0.717) is 5.25 Å². The Balaban J connectivity index is 2.43. The fraction of sp³-hybridized carbons (Fsp3) is 0.692. The van der Waals surface area contributed by atoms with Crippen LogP contribution in [0.15, 0.2) is 12.7 Å². The number of carboxylic acid groups (broad SMARTS) is 1. The molecule has 1 fully saturated rings. The van der Waals surface area contributed by atoms with Crippen LogP contribution in [0.3, 0.4) is 0 Å². The molecule has 1 rings (SSSR count). The van der Waals surface area contributed by atoms with Gasteiger partial charge in [0.2, 0.25) is 0 Å². The second-order valence-corrected chi connectivity index (χ2v) is 6.18. The van der Waals surface area contributed by atoms with Crippen molar-refractivity contribution in [3.8, 4) is 0 Å². The Hall–Kier alpha value is -1.17. The number of carbonyl (C=O) groups excluding carboxylic acids is 1. The minimum atomic E-state index is -1.01. The van der Waals surface area contributed by atoms with Gasteiger partial charge >= 0.3 is 12.0 Å². The first-order valence-corrected chi connectivity index (χ1v) is 7.61. The Morgan fingerprint density at radius 1 is 1.53 bits per heavy atom. The molecule has 19 heavy (non-hydrogen) atoms. The summed E-state index contributed by atoms with van der Waals surface area (Å²) in [4.78, 5) is 23.9. The van der Waals surface area contributed by atoms with Gasteiger partial charge in [-0.05, 0) is 25.0 Å². The highest BCUT2D eigenvalue weighted by Crippen LogP contribution is 2.29. The molecular formula is C13H22N2O3S. The van der Waals surface area contributed by atoms with Crippen molar-refractivity contribution >= 4 is 23.8 Å². The second-order valence-electron chi connectivity index (χ2n) is 4.60. The molecule has 1 aliphatic carbocycles. The van der Waals surface area contributed by atoms with E-state index in [0.717, 1.165) is 25.0 Å². The standard InChI is InChI=1S/C13H22N2O3S/c1-3-7-15(9-12(16)17)13(18)14-10-5-6-11(8-10)19-4-2/h3,10-11H,1,4-9H2,2H3,(H,14,18)(H,16,17). The fourth-order valence-corrected chi connectivity index (χ4v) is 3.41.